The molecule has 5 nitrogen and oxygen atoms in total. The number of hydrogen-bond acceptors (Lipinski definition) is 4. The summed E-state index contributed by atoms with van der Waals surface area (Å²) in [4.78, 5) is 3.98. The first-order valence-corrected chi connectivity index (χ1v) is 6.64. The maximum absolute atomic E-state index is 6.08. The summed E-state index contributed by atoms with van der Waals surface area (Å²) in [6, 6.07) is 5.97. The predicted molar refractivity (Wildman–Crippen MR) is 73.8 cm³/mol. The van der Waals surface area contributed by atoms with Crippen molar-refractivity contribution in [2.45, 2.75) is 25.5 Å². The third-order valence-electron chi connectivity index (χ3n) is 3.34. The molecule has 1 aromatic heterocycles. The summed E-state index contributed by atoms with van der Waals surface area (Å²) in [5.74, 6) is 0. The molecular formula is C13H15ClN4O. The fourth-order valence-corrected chi connectivity index (χ4v) is 2.45. The third kappa shape index (κ3) is 2.57. The Morgan fingerprint density at radius 3 is 3.05 bits per heavy atom. The van der Waals surface area contributed by atoms with Crippen molar-refractivity contribution in [2.75, 3.05) is 11.9 Å². The van der Waals surface area contributed by atoms with Crippen LogP contribution in [0, 0.1) is 0 Å². The van der Waals surface area contributed by atoms with E-state index in [1.807, 2.05) is 18.2 Å². The van der Waals surface area contributed by atoms with Gasteiger partial charge in [-0.3, -0.25) is 0 Å². The van der Waals surface area contributed by atoms with E-state index in [2.05, 4.69) is 22.3 Å². The van der Waals surface area contributed by atoms with E-state index in [0.29, 0.717) is 11.1 Å². The molecule has 0 bridgehead atoms. The zero-order chi connectivity index (χ0) is 13.2. The highest BCUT2D eigenvalue weighted by Gasteiger charge is 2.24. The van der Waals surface area contributed by atoms with Crippen molar-refractivity contribution in [3.05, 3.63) is 35.9 Å². The van der Waals surface area contributed by atoms with Crippen LogP contribution in [0.4, 0.5) is 5.69 Å². The fourth-order valence-electron chi connectivity index (χ4n) is 2.28. The fraction of sp³-hybridized carbons (Fsp3) is 0.385. The van der Waals surface area contributed by atoms with Crippen LogP contribution in [-0.4, -0.2) is 33.5 Å². The number of aromatic nitrogens is 3. The molecule has 1 N–H and O–H groups in total. The minimum Gasteiger partial charge on any atom is -0.378 e. The lowest BCUT2D eigenvalue weighted by molar-refractivity contribution is 0.121. The molecule has 1 aliphatic heterocycles. The SMILES string of the molecule is CC1OCCC1Nc1cc(Cl)ccc1-n1cncn1. The van der Waals surface area contributed by atoms with Crippen LogP contribution in [-0.2, 0) is 4.74 Å². The Hall–Kier alpha value is -1.59. The van der Waals surface area contributed by atoms with E-state index in [4.69, 9.17) is 16.3 Å². The van der Waals surface area contributed by atoms with Gasteiger partial charge in [0.2, 0.25) is 0 Å². The average molecular weight is 279 g/mol. The Kier molecular flexibility index (Phi) is 3.40. The minimum absolute atomic E-state index is 0.197. The van der Waals surface area contributed by atoms with Crippen molar-refractivity contribution < 1.29 is 4.74 Å². The van der Waals surface area contributed by atoms with Gasteiger partial charge in [0.1, 0.15) is 12.7 Å². The molecule has 19 heavy (non-hydrogen) atoms. The van der Waals surface area contributed by atoms with Gasteiger partial charge in [0.15, 0.2) is 0 Å². The van der Waals surface area contributed by atoms with E-state index in [1.165, 1.54) is 6.33 Å². The monoisotopic (exact) mass is 278 g/mol. The van der Waals surface area contributed by atoms with Crippen LogP contribution in [0.5, 0.6) is 0 Å². The summed E-state index contributed by atoms with van der Waals surface area (Å²) in [5.41, 5.74) is 1.88. The van der Waals surface area contributed by atoms with Gasteiger partial charge in [-0.25, -0.2) is 9.67 Å². The lowest BCUT2D eigenvalue weighted by atomic mass is 10.1. The van der Waals surface area contributed by atoms with E-state index >= 15 is 0 Å². The lowest BCUT2D eigenvalue weighted by Gasteiger charge is -2.19. The molecule has 1 saturated heterocycles. The molecule has 0 aliphatic carbocycles. The maximum Gasteiger partial charge on any atom is 0.138 e. The molecule has 2 aromatic rings. The Balaban J connectivity index is 1.92. The summed E-state index contributed by atoms with van der Waals surface area (Å²) in [6.07, 6.45) is 4.37. The Labute approximate surface area is 116 Å². The smallest absolute Gasteiger partial charge is 0.138 e. The number of hydrogen-bond donors (Lipinski definition) is 1. The molecule has 1 aromatic carbocycles. The lowest BCUT2D eigenvalue weighted by Crippen LogP contribution is -2.27. The molecule has 3 rings (SSSR count). The summed E-state index contributed by atoms with van der Waals surface area (Å²) in [5, 5.41) is 8.34. The summed E-state index contributed by atoms with van der Waals surface area (Å²) in [7, 11) is 0. The van der Waals surface area contributed by atoms with E-state index in [9.17, 15) is 0 Å². The Morgan fingerprint density at radius 1 is 1.47 bits per heavy atom. The molecule has 0 spiro atoms. The first-order valence-electron chi connectivity index (χ1n) is 6.27. The largest absolute Gasteiger partial charge is 0.378 e. The second-order valence-electron chi connectivity index (χ2n) is 4.62. The molecule has 100 valence electrons. The first-order chi connectivity index (χ1) is 9.24. The zero-order valence-corrected chi connectivity index (χ0v) is 11.3. The molecule has 0 radical (unpaired) electrons. The molecule has 2 heterocycles. The Morgan fingerprint density at radius 2 is 2.37 bits per heavy atom. The predicted octanol–water partition coefficient (Wildman–Crippen LogP) is 2.51. The standard InChI is InChI=1S/C13H15ClN4O/c1-9-11(4-5-19-9)17-12-6-10(14)2-3-13(12)18-8-15-7-16-18/h2-3,6-9,11,17H,4-5H2,1H3. The molecule has 2 atom stereocenters. The van der Waals surface area contributed by atoms with Gasteiger partial charge in [0, 0.05) is 11.6 Å². The quantitative estimate of drug-likeness (QED) is 0.937. The summed E-state index contributed by atoms with van der Waals surface area (Å²) < 4.78 is 7.29. The second-order valence-corrected chi connectivity index (χ2v) is 5.05. The van der Waals surface area contributed by atoms with E-state index < -0.39 is 0 Å². The molecule has 0 amide bonds. The van der Waals surface area contributed by atoms with Gasteiger partial charge in [-0.2, -0.15) is 5.10 Å². The van der Waals surface area contributed by atoms with Gasteiger partial charge < -0.3 is 10.1 Å². The molecule has 1 fully saturated rings. The van der Waals surface area contributed by atoms with Crippen molar-refractivity contribution in [1.29, 1.82) is 0 Å². The van der Waals surface area contributed by atoms with Gasteiger partial charge in [0.25, 0.3) is 0 Å². The van der Waals surface area contributed by atoms with Crippen LogP contribution in [0.1, 0.15) is 13.3 Å². The molecule has 1 aliphatic rings. The molecule has 6 heteroatoms. The van der Waals surface area contributed by atoms with Crippen LogP contribution in [0.15, 0.2) is 30.9 Å². The van der Waals surface area contributed by atoms with Gasteiger partial charge in [-0.15, -0.1) is 0 Å². The van der Waals surface area contributed by atoms with Crippen LogP contribution in [0.3, 0.4) is 0 Å². The average Bonchev–Trinajstić information content (AvgIpc) is 3.03. The number of halogens is 1. The van der Waals surface area contributed by atoms with Gasteiger partial charge >= 0.3 is 0 Å². The summed E-state index contributed by atoms with van der Waals surface area (Å²) >= 11 is 6.08. The van der Waals surface area contributed by atoms with E-state index in [1.54, 1.807) is 11.0 Å². The highest BCUT2D eigenvalue weighted by molar-refractivity contribution is 6.31. The van der Waals surface area contributed by atoms with Crippen molar-refractivity contribution >= 4 is 17.3 Å². The normalized spacial score (nSPS) is 22.6. The molecule has 2 unspecified atom stereocenters. The third-order valence-corrected chi connectivity index (χ3v) is 3.58. The number of nitrogens with one attached hydrogen (secondary N) is 1. The van der Waals surface area contributed by atoms with E-state index in [0.717, 1.165) is 24.4 Å². The topological polar surface area (TPSA) is 52.0 Å². The van der Waals surface area contributed by atoms with Crippen molar-refractivity contribution in [3.8, 4) is 5.69 Å². The molecule has 0 saturated carbocycles. The van der Waals surface area contributed by atoms with Crippen molar-refractivity contribution in [2.24, 2.45) is 0 Å². The minimum atomic E-state index is 0.197. The number of rotatable bonds is 3. The number of benzene rings is 1. The van der Waals surface area contributed by atoms with Gasteiger partial charge in [-0.05, 0) is 31.5 Å². The number of nitrogens with zero attached hydrogens (tertiary/aromatic N) is 3. The van der Waals surface area contributed by atoms with Crippen molar-refractivity contribution in [1.82, 2.24) is 14.8 Å². The van der Waals surface area contributed by atoms with E-state index in [-0.39, 0.29) is 6.10 Å². The van der Waals surface area contributed by atoms with Gasteiger partial charge in [-0.1, -0.05) is 11.6 Å². The first kappa shape index (κ1) is 12.4. The number of anilines is 1. The van der Waals surface area contributed by atoms with Crippen LogP contribution >= 0.6 is 11.6 Å². The molecular weight excluding hydrogens is 264 g/mol. The van der Waals surface area contributed by atoms with Crippen LogP contribution in [0.2, 0.25) is 5.02 Å². The van der Waals surface area contributed by atoms with Crippen LogP contribution < -0.4 is 5.32 Å². The summed E-state index contributed by atoms with van der Waals surface area (Å²) in [6.45, 7) is 2.86. The highest BCUT2D eigenvalue weighted by atomic mass is 35.5. The van der Waals surface area contributed by atoms with Crippen LogP contribution in [0.25, 0.3) is 5.69 Å². The van der Waals surface area contributed by atoms with Crippen molar-refractivity contribution in [3.63, 3.8) is 0 Å². The van der Waals surface area contributed by atoms with Gasteiger partial charge in [0.05, 0.1) is 23.5 Å². The highest BCUT2D eigenvalue weighted by Crippen LogP contribution is 2.27. The number of ether oxygens (including phenoxy) is 1. The second kappa shape index (κ2) is 5.19. The Bertz CT molecular complexity index is 558. The maximum atomic E-state index is 6.08. The zero-order valence-electron chi connectivity index (χ0n) is 10.6.